The maximum Gasteiger partial charge on any atom is 0.162 e. The van der Waals surface area contributed by atoms with Crippen LogP contribution in [0.25, 0.3) is 0 Å². The number of tetrazole rings is 2. The van der Waals surface area contributed by atoms with E-state index in [9.17, 15) is 23.4 Å². The van der Waals surface area contributed by atoms with Gasteiger partial charge in [0.2, 0.25) is 0 Å². The van der Waals surface area contributed by atoms with E-state index >= 15 is 0 Å². The highest BCUT2D eigenvalue weighted by Crippen LogP contribution is 2.59. The van der Waals surface area contributed by atoms with Crippen molar-refractivity contribution in [1.82, 2.24) is 40.4 Å². The first kappa shape index (κ1) is 43.7. The molecule has 3 atom stereocenters. The van der Waals surface area contributed by atoms with Gasteiger partial charge >= 0.3 is 0 Å². The third-order valence-electron chi connectivity index (χ3n) is 11.3. The molecule has 3 aliphatic carbocycles. The minimum Gasteiger partial charge on any atom is -0.386 e. The maximum atomic E-state index is 13.8. The molecule has 2 N–H and O–H groups in total. The number of hydrogen-bond donors (Lipinski definition) is 2. The molecule has 0 spiro atoms. The van der Waals surface area contributed by atoms with Gasteiger partial charge in [0.05, 0.1) is 47.1 Å². The summed E-state index contributed by atoms with van der Waals surface area (Å²) in [6.45, 7) is 1.56. The lowest BCUT2D eigenvalue weighted by molar-refractivity contribution is 0.00280. The summed E-state index contributed by atoms with van der Waals surface area (Å²) < 4.78 is 48.0. The molecule has 3 saturated carbocycles. The molecule has 10 rings (SSSR count). The molecule has 5 aromatic rings. The van der Waals surface area contributed by atoms with E-state index in [0.29, 0.717) is 61.9 Å². The number of ether oxygens (including phenoxy) is 1. The predicted octanol–water partition coefficient (Wildman–Crippen LogP) is 6.46. The summed E-state index contributed by atoms with van der Waals surface area (Å²) in [6.07, 6.45) is 9.95. The lowest BCUT2D eigenvalue weighted by Crippen LogP contribution is -2.47. The molecule has 20 heteroatoms. The van der Waals surface area contributed by atoms with E-state index in [1.54, 1.807) is 54.7 Å². The van der Waals surface area contributed by atoms with Crippen molar-refractivity contribution in [2.75, 3.05) is 13.2 Å². The molecule has 318 valence electrons. The van der Waals surface area contributed by atoms with E-state index in [1.165, 1.54) is 40.3 Å². The first-order valence-electron chi connectivity index (χ1n) is 19.4. The number of aromatic nitrogens is 8. The Morgan fingerprint density at radius 1 is 0.700 bits per heavy atom. The van der Waals surface area contributed by atoms with Crippen LogP contribution < -0.4 is 0 Å². The number of rotatable bonds is 13. The second-order valence-corrected chi connectivity index (χ2v) is 17.9. The standard InChI is InChI=1S/2C13H14ClFN4O.C12H12ClFO.C2H3N3/c14-12(5-6-12)13(20,8-19-9-16-17-18-19)7-10-3-1-2-4-11(10)15;14-12(5-6-12)13(20,8-19-17-9-16-18-19)7-10-3-1-2-4-11(10)15;13-11(5-6-11)12(8-15-12)7-9-3-1-2-4-10(9)14;1-2-4-5-3-1/h2*1-4,9,20H,5-8H2;1-4H,5-8H2;1H,2H2. The smallest absolute Gasteiger partial charge is 0.162 e. The number of halogens is 6. The molecule has 5 aliphatic rings. The molecule has 60 heavy (non-hydrogen) atoms. The van der Waals surface area contributed by atoms with Crippen LogP contribution in [0.1, 0.15) is 55.2 Å². The van der Waals surface area contributed by atoms with Crippen LogP contribution in [0.15, 0.2) is 101 Å². The van der Waals surface area contributed by atoms with E-state index in [2.05, 4.69) is 46.4 Å². The summed E-state index contributed by atoms with van der Waals surface area (Å²) in [5.41, 5.74) is -1.29. The summed E-state index contributed by atoms with van der Waals surface area (Å²) in [7, 11) is 0. The van der Waals surface area contributed by atoms with Gasteiger partial charge in [0.1, 0.15) is 40.6 Å². The summed E-state index contributed by atoms with van der Waals surface area (Å²) in [5, 5.41) is 54.1. The molecule has 0 radical (unpaired) electrons. The Hall–Kier alpha value is -4.39. The third-order valence-corrected chi connectivity index (χ3v) is 13.5. The number of hydrogen-bond acceptors (Lipinski definition) is 12. The predicted molar refractivity (Wildman–Crippen MR) is 216 cm³/mol. The molecule has 4 fully saturated rings. The van der Waals surface area contributed by atoms with E-state index in [-0.39, 0.29) is 53.9 Å². The number of benzene rings is 3. The first-order valence-corrected chi connectivity index (χ1v) is 20.5. The largest absolute Gasteiger partial charge is 0.386 e. The fourth-order valence-corrected chi connectivity index (χ4v) is 7.81. The molecule has 3 aromatic carbocycles. The highest BCUT2D eigenvalue weighted by molar-refractivity contribution is 6.27. The van der Waals surface area contributed by atoms with Crippen molar-refractivity contribution >= 4 is 41.0 Å². The van der Waals surface area contributed by atoms with Gasteiger partial charge in [-0.25, -0.2) is 17.9 Å². The fourth-order valence-electron chi connectivity index (χ4n) is 7.10. The molecular weight excluding hydrogens is 846 g/mol. The summed E-state index contributed by atoms with van der Waals surface area (Å²) >= 11 is 19.2. The molecule has 0 bridgehead atoms. The zero-order chi connectivity index (χ0) is 42.5. The Labute approximate surface area is 358 Å². The second kappa shape index (κ2) is 17.9. The first-order chi connectivity index (χ1) is 28.7. The van der Waals surface area contributed by atoms with E-state index in [0.717, 1.165) is 12.8 Å². The molecule has 2 aliphatic heterocycles. The topological polar surface area (TPSA) is 177 Å². The van der Waals surface area contributed by atoms with E-state index < -0.39 is 21.0 Å². The van der Waals surface area contributed by atoms with Crippen LogP contribution >= 0.6 is 34.8 Å². The van der Waals surface area contributed by atoms with Gasteiger partial charge in [-0.05, 0) is 94.3 Å². The van der Waals surface area contributed by atoms with E-state index in [4.69, 9.17) is 39.5 Å². The quantitative estimate of drug-likeness (QED) is 0.0993. The number of aliphatic hydroxyl groups is 2. The van der Waals surface area contributed by atoms with Crippen molar-refractivity contribution in [1.29, 1.82) is 0 Å². The molecular formula is C40H43Cl3F3N11O3. The Balaban J connectivity index is 0.000000129. The number of nitrogens with zero attached hydrogens (tertiary/aromatic N) is 11. The van der Waals surface area contributed by atoms with Crippen molar-refractivity contribution in [2.24, 2.45) is 15.4 Å². The van der Waals surface area contributed by atoms with Gasteiger partial charge in [0.25, 0.3) is 0 Å². The molecule has 14 nitrogen and oxygen atoms in total. The van der Waals surface area contributed by atoms with Crippen LogP contribution in [0.4, 0.5) is 13.2 Å². The summed E-state index contributed by atoms with van der Waals surface area (Å²) in [6, 6.07) is 19.6. The van der Waals surface area contributed by atoms with Gasteiger partial charge < -0.3 is 14.9 Å². The summed E-state index contributed by atoms with van der Waals surface area (Å²) in [4.78, 5) is -0.414. The van der Waals surface area contributed by atoms with Gasteiger partial charge in [-0.15, -0.1) is 55.2 Å². The van der Waals surface area contributed by atoms with Crippen molar-refractivity contribution in [3.05, 3.63) is 120 Å². The van der Waals surface area contributed by atoms with Crippen LogP contribution in [0.3, 0.4) is 0 Å². The maximum absolute atomic E-state index is 13.8. The van der Waals surface area contributed by atoms with Gasteiger partial charge in [-0.3, -0.25) is 0 Å². The molecule has 2 aromatic heterocycles. The average molecular weight is 889 g/mol. The Kier molecular flexibility index (Phi) is 13.0. The second-order valence-electron chi connectivity index (χ2n) is 15.7. The molecule has 0 amide bonds. The molecule has 1 saturated heterocycles. The number of alkyl halides is 3. The normalized spacial score (nSPS) is 22.3. The molecule has 4 heterocycles. The van der Waals surface area contributed by atoms with Crippen LogP contribution in [-0.4, -0.2) is 101 Å². The lowest BCUT2D eigenvalue weighted by Gasteiger charge is -2.32. The Morgan fingerprint density at radius 3 is 1.62 bits per heavy atom. The fraction of sp³-hybridized carbons (Fsp3) is 0.475. The van der Waals surface area contributed by atoms with Gasteiger partial charge in [0.15, 0.2) is 6.33 Å². The average Bonchev–Trinajstić information content (AvgIpc) is 4.22. The third kappa shape index (κ3) is 10.4. The number of epoxide rings is 1. The van der Waals surface area contributed by atoms with Crippen LogP contribution in [0.2, 0.25) is 0 Å². The minimum absolute atomic E-state index is 0.0881. The van der Waals surface area contributed by atoms with Gasteiger partial charge in [0, 0.05) is 19.3 Å². The zero-order valence-electron chi connectivity index (χ0n) is 32.3. The van der Waals surface area contributed by atoms with Crippen LogP contribution in [0.5, 0.6) is 0 Å². The lowest BCUT2D eigenvalue weighted by atomic mass is 9.88. The SMILES string of the molecule is C1=NN=NC1.Fc1ccccc1CC1(C2(Cl)CC2)CO1.OC(Cc1ccccc1F)(Cn1cnnn1)C1(Cl)CC1.OC(Cc1ccccc1F)(Cn1ncnn1)C1(Cl)CC1. The molecule has 3 unspecified atom stereocenters. The van der Waals surface area contributed by atoms with Crippen molar-refractivity contribution in [3.8, 4) is 0 Å². The Morgan fingerprint density at radius 2 is 1.23 bits per heavy atom. The van der Waals surface area contributed by atoms with Crippen LogP contribution in [-0.2, 0) is 37.1 Å². The van der Waals surface area contributed by atoms with Crippen molar-refractivity contribution < 1.29 is 28.1 Å². The van der Waals surface area contributed by atoms with Crippen LogP contribution in [0, 0.1) is 17.5 Å². The van der Waals surface area contributed by atoms with Crippen molar-refractivity contribution in [3.63, 3.8) is 0 Å². The van der Waals surface area contributed by atoms with E-state index in [1.807, 2.05) is 6.07 Å². The highest BCUT2D eigenvalue weighted by atomic mass is 35.5. The monoisotopic (exact) mass is 887 g/mol. The zero-order valence-corrected chi connectivity index (χ0v) is 34.6. The Bertz CT molecular complexity index is 2140. The van der Waals surface area contributed by atoms with Crippen molar-refractivity contribution in [2.45, 2.75) is 102 Å². The van der Waals surface area contributed by atoms with Gasteiger partial charge in [-0.2, -0.15) is 9.91 Å². The van der Waals surface area contributed by atoms with Gasteiger partial charge in [-0.1, -0.05) is 54.6 Å². The highest BCUT2D eigenvalue weighted by Gasteiger charge is 2.67. The summed E-state index contributed by atoms with van der Waals surface area (Å²) in [5.74, 6) is -0.852. The minimum atomic E-state index is -1.31.